The maximum atomic E-state index is 10.9. The number of imidazole rings is 1. The van der Waals surface area contributed by atoms with Crippen LogP contribution in [-0.2, 0) is 7.05 Å². The highest BCUT2D eigenvalue weighted by atomic mass is 16.6. The molecule has 0 spiro atoms. The predicted octanol–water partition coefficient (Wildman–Crippen LogP) is 0.470. The van der Waals surface area contributed by atoms with Gasteiger partial charge in [-0.25, -0.2) is 0 Å². The van der Waals surface area contributed by atoms with Gasteiger partial charge < -0.3 is 19.9 Å². The monoisotopic (exact) mass is 239 g/mol. The largest absolute Gasteiger partial charge is 0.406 e. The highest BCUT2D eigenvalue weighted by molar-refractivity contribution is 5.54. The van der Waals surface area contributed by atoms with Gasteiger partial charge in [0.15, 0.2) is 0 Å². The zero-order valence-electron chi connectivity index (χ0n) is 10.2. The Hall–Kier alpha value is -1.63. The van der Waals surface area contributed by atoms with Crippen molar-refractivity contribution in [3.8, 4) is 0 Å². The van der Waals surface area contributed by atoms with Crippen molar-refractivity contribution in [2.24, 2.45) is 7.05 Å². The van der Waals surface area contributed by atoms with Crippen LogP contribution in [0.5, 0.6) is 0 Å². The smallest absolute Gasteiger partial charge is 0.358 e. The Kier molecular flexibility index (Phi) is 3.28. The maximum absolute atomic E-state index is 10.9. The van der Waals surface area contributed by atoms with Crippen LogP contribution in [0.25, 0.3) is 0 Å². The van der Waals surface area contributed by atoms with Crippen molar-refractivity contribution in [3.63, 3.8) is 0 Å². The standard InChI is InChI=1S/C10H17N5O2/c1-3-13-4-6-14(7-5-13)10-9(15(16)17)11-8-12(10)2/h8H,3-7H2,1-2H3. The van der Waals surface area contributed by atoms with Crippen LogP contribution < -0.4 is 4.90 Å². The molecular weight excluding hydrogens is 222 g/mol. The summed E-state index contributed by atoms with van der Waals surface area (Å²) >= 11 is 0. The van der Waals surface area contributed by atoms with E-state index in [0.717, 1.165) is 32.7 Å². The van der Waals surface area contributed by atoms with Gasteiger partial charge in [-0.3, -0.25) is 4.57 Å². The summed E-state index contributed by atoms with van der Waals surface area (Å²) < 4.78 is 1.72. The Morgan fingerprint density at radius 2 is 2.06 bits per heavy atom. The predicted molar refractivity (Wildman–Crippen MR) is 64.2 cm³/mol. The number of hydrogen-bond acceptors (Lipinski definition) is 5. The molecule has 1 aromatic heterocycles. The van der Waals surface area contributed by atoms with Gasteiger partial charge in [0.2, 0.25) is 12.1 Å². The molecule has 0 atom stereocenters. The fourth-order valence-corrected chi connectivity index (χ4v) is 2.18. The Morgan fingerprint density at radius 3 is 2.59 bits per heavy atom. The third-order valence-electron chi connectivity index (χ3n) is 3.18. The lowest BCUT2D eigenvalue weighted by atomic mass is 10.3. The molecule has 1 aliphatic heterocycles. The van der Waals surface area contributed by atoms with Crippen LogP contribution in [0.2, 0.25) is 0 Å². The second-order valence-electron chi connectivity index (χ2n) is 4.18. The van der Waals surface area contributed by atoms with E-state index in [4.69, 9.17) is 0 Å². The van der Waals surface area contributed by atoms with Crippen LogP contribution in [0.1, 0.15) is 6.92 Å². The molecule has 1 fully saturated rings. The number of aromatic nitrogens is 2. The summed E-state index contributed by atoms with van der Waals surface area (Å²) in [6, 6.07) is 0. The van der Waals surface area contributed by atoms with Gasteiger partial charge in [-0.1, -0.05) is 6.92 Å². The molecule has 0 amide bonds. The molecule has 0 aromatic carbocycles. The van der Waals surface area contributed by atoms with E-state index in [9.17, 15) is 10.1 Å². The molecule has 0 unspecified atom stereocenters. The van der Waals surface area contributed by atoms with Gasteiger partial charge in [-0.05, 0) is 16.5 Å². The molecule has 17 heavy (non-hydrogen) atoms. The van der Waals surface area contributed by atoms with E-state index in [1.807, 2.05) is 4.90 Å². The van der Waals surface area contributed by atoms with E-state index in [1.165, 1.54) is 6.33 Å². The first-order valence-corrected chi connectivity index (χ1v) is 5.76. The minimum absolute atomic E-state index is 0.0440. The quantitative estimate of drug-likeness (QED) is 0.566. The molecule has 0 radical (unpaired) electrons. The fourth-order valence-electron chi connectivity index (χ4n) is 2.18. The number of likely N-dealkylation sites (N-methyl/N-ethyl adjacent to an activating group) is 1. The number of aryl methyl sites for hydroxylation is 1. The van der Waals surface area contributed by atoms with Crippen LogP contribution in [0.3, 0.4) is 0 Å². The van der Waals surface area contributed by atoms with Gasteiger partial charge in [0.25, 0.3) is 0 Å². The van der Waals surface area contributed by atoms with Crippen molar-refractivity contribution in [3.05, 3.63) is 16.4 Å². The van der Waals surface area contributed by atoms with Gasteiger partial charge in [-0.2, -0.15) is 0 Å². The summed E-state index contributed by atoms with van der Waals surface area (Å²) in [6.45, 7) is 6.67. The molecule has 94 valence electrons. The average molecular weight is 239 g/mol. The third kappa shape index (κ3) is 2.23. The molecule has 0 bridgehead atoms. The van der Waals surface area contributed by atoms with E-state index < -0.39 is 4.92 Å². The fraction of sp³-hybridized carbons (Fsp3) is 0.700. The molecule has 1 saturated heterocycles. The van der Waals surface area contributed by atoms with E-state index in [2.05, 4.69) is 16.8 Å². The van der Waals surface area contributed by atoms with E-state index in [-0.39, 0.29) is 5.82 Å². The van der Waals surface area contributed by atoms with Crippen molar-refractivity contribution in [2.45, 2.75) is 6.92 Å². The highest BCUT2D eigenvalue weighted by Crippen LogP contribution is 2.26. The van der Waals surface area contributed by atoms with Gasteiger partial charge in [0, 0.05) is 33.2 Å². The number of nitrogens with zero attached hydrogens (tertiary/aromatic N) is 5. The zero-order valence-corrected chi connectivity index (χ0v) is 10.2. The van der Waals surface area contributed by atoms with Crippen LogP contribution >= 0.6 is 0 Å². The SMILES string of the molecule is CCN1CCN(c2c([N+](=O)[O-])ncn2C)CC1. The van der Waals surface area contributed by atoms with Crippen molar-refractivity contribution in [1.29, 1.82) is 0 Å². The molecule has 7 heteroatoms. The van der Waals surface area contributed by atoms with Crippen molar-refractivity contribution in [2.75, 3.05) is 37.6 Å². The van der Waals surface area contributed by atoms with Crippen LogP contribution in [0.4, 0.5) is 11.6 Å². The number of nitro groups is 1. The summed E-state index contributed by atoms with van der Waals surface area (Å²) in [7, 11) is 1.79. The van der Waals surface area contributed by atoms with E-state index in [0.29, 0.717) is 5.82 Å². The molecule has 0 N–H and O–H groups in total. The normalized spacial score (nSPS) is 17.4. The molecule has 0 aliphatic carbocycles. The topological polar surface area (TPSA) is 67.4 Å². The maximum Gasteiger partial charge on any atom is 0.406 e. The minimum Gasteiger partial charge on any atom is -0.358 e. The first-order valence-electron chi connectivity index (χ1n) is 5.76. The van der Waals surface area contributed by atoms with Crippen molar-refractivity contribution < 1.29 is 4.92 Å². The van der Waals surface area contributed by atoms with Crippen LogP contribution in [0.15, 0.2) is 6.33 Å². The molecular formula is C10H17N5O2. The molecule has 1 aliphatic rings. The van der Waals surface area contributed by atoms with E-state index in [1.54, 1.807) is 11.6 Å². The summed E-state index contributed by atoms with van der Waals surface area (Å²) in [4.78, 5) is 18.7. The summed E-state index contributed by atoms with van der Waals surface area (Å²) in [5, 5.41) is 10.9. The highest BCUT2D eigenvalue weighted by Gasteiger charge is 2.27. The Balaban J connectivity index is 2.18. The third-order valence-corrected chi connectivity index (χ3v) is 3.18. The second kappa shape index (κ2) is 4.70. The Labute approximate surface area is 99.8 Å². The molecule has 2 heterocycles. The summed E-state index contributed by atoms with van der Waals surface area (Å²) in [5.74, 6) is 0.572. The number of piperazine rings is 1. The Morgan fingerprint density at radius 1 is 1.41 bits per heavy atom. The first-order chi connectivity index (χ1) is 8.13. The summed E-state index contributed by atoms with van der Waals surface area (Å²) in [5.41, 5.74) is 0. The minimum atomic E-state index is -0.415. The number of hydrogen-bond donors (Lipinski definition) is 0. The Bertz CT molecular complexity index is 409. The van der Waals surface area contributed by atoms with Crippen LogP contribution in [0, 0.1) is 10.1 Å². The molecule has 1 aromatic rings. The van der Waals surface area contributed by atoms with Crippen LogP contribution in [-0.4, -0.2) is 52.1 Å². The first kappa shape index (κ1) is 11.8. The van der Waals surface area contributed by atoms with Gasteiger partial charge >= 0.3 is 5.82 Å². The molecule has 0 saturated carbocycles. The lowest BCUT2D eigenvalue weighted by Crippen LogP contribution is -2.46. The molecule has 7 nitrogen and oxygen atoms in total. The van der Waals surface area contributed by atoms with Crippen molar-refractivity contribution >= 4 is 11.6 Å². The van der Waals surface area contributed by atoms with Gasteiger partial charge in [-0.15, -0.1) is 0 Å². The van der Waals surface area contributed by atoms with E-state index >= 15 is 0 Å². The van der Waals surface area contributed by atoms with Gasteiger partial charge in [0.1, 0.15) is 0 Å². The van der Waals surface area contributed by atoms with Gasteiger partial charge in [0.05, 0.1) is 0 Å². The molecule has 2 rings (SSSR count). The zero-order chi connectivity index (χ0) is 12.4. The number of rotatable bonds is 3. The van der Waals surface area contributed by atoms with Crippen molar-refractivity contribution in [1.82, 2.24) is 14.5 Å². The average Bonchev–Trinajstić information content (AvgIpc) is 2.71. The lowest BCUT2D eigenvalue weighted by molar-refractivity contribution is -0.388. The summed E-state index contributed by atoms with van der Waals surface area (Å²) in [6.07, 6.45) is 1.50. The number of anilines is 1. The lowest BCUT2D eigenvalue weighted by Gasteiger charge is -2.34. The second-order valence-corrected chi connectivity index (χ2v) is 4.18.